The predicted molar refractivity (Wildman–Crippen MR) is 97.8 cm³/mol. The third-order valence-corrected chi connectivity index (χ3v) is 4.80. The summed E-state index contributed by atoms with van der Waals surface area (Å²) in [5.74, 6) is 1.08. The average Bonchev–Trinajstić information content (AvgIpc) is 3.15. The molecule has 2 aromatic heterocycles. The van der Waals surface area contributed by atoms with Crippen LogP contribution >= 0.6 is 0 Å². The van der Waals surface area contributed by atoms with Gasteiger partial charge in [-0.2, -0.15) is 5.10 Å². The van der Waals surface area contributed by atoms with Crippen molar-refractivity contribution in [3.8, 4) is 5.69 Å². The molecule has 0 aliphatic carbocycles. The van der Waals surface area contributed by atoms with E-state index in [0.717, 1.165) is 48.6 Å². The van der Waals surface area contributed by atoms with E-state index in [1.54, 1.807) is 6.20 Å². The Hall–Kier alpha value is -2.40. The molecule has 124 valence electrons. The quantitative estimate of drug-likeness (QED) is 0.743. The number of rotatable bonds is 3. The normalized spacial score (nSPS) is 16.2. The number of aromatic nitrogens is 3. The summed E-state index contributed by atoms with van der Waals surface area (Å²) in [6.45, 7) is 8.83. The number of piperazine rings is 1. The van der Waals surface area contributed by atoms with Crippen molar-refractivity contribution in [2.45, 2.75) is 19.9 Å². The van der Waals surface area contributed by atoms with Crippen LogP contribution in [0, 0.1) is 0 Å². The third kappa shape index (κ3) is 2.87. The second kappa shape index (κ2) is 6.24. The van der Waals surface area contributed by atoms with Gasteiger partial charge in [0.15, 0.2) is 0 Å². The highest BCUT2D eigenvalue weighted by atomic mass is 15.3. The topological polar surface area (TPSA) is 37.2 Å². The van der Waals surface area contributed by atoms with Gasteiger partial charge in [-0.15, -0.1) is 0 Å². The van der Waals surface area contributed by atoms with Gasteiger partial charge in [-0.25, -0.2) is 9.67 Å². The average molecular weight is 321 g/mol. The van der Waals surface area contributed by atoms with E-state index in [-0.39, 0.29) is 0 Å². The van der Waals surface area contributed by atoms with Crippen molar-refractivity contribution in [3.05, 3.63) is 48.8 Å². The number of hydrogen-bond acceptors (Lipinski definition) is 4. The molecule has 5 heteroatoms. The van der Waals surface area contributed by atoms with Crippen LogP contribution in [0.3, 0.4) is 0 Å². The van der Waals surface area contributed by atoms with Gasteiger partial charge in [0.2, 0.25) is 0 Å². The highest BCUT2D eigenvalue weighted by Gasteiger charge is 2.19. The minimum Gasteiger partial charge on any atom is -0.354 e. The van der Waals surface area contributed by atoms with Crippen LogP contribution in [-0.4, -0.2) is 51.9 Å². The SMILES string of the molecule is CC(C)N1CCN(c2ccc3cc(-n4cccn4)ccc3n2)CC1. The molecule has 24 heavy (non-hydrogen) atoms. The zero-order valence-electron chi connectivity index (χ0n) is 14.3. The van der Waals surface area contributed by atoms with E-state index in [2.05, 4.69) is 59.1 Å². The lowest BCUT2D eigenvalue weighted by Gasteiger charge is -2.37. The molecule has 0 spiro atoms. The number of anilines is 1. The molecule has 0 radical (unpaired) electrons. The molecule has 0 N–H and O–H groups in total. The van der Waals surface area contributed by atoms with E-state index in [1.807, 2.05) is 16.9 Å². The summed E-state index contributed by atoms with van der Waals surface area (Å²) >= 11 is 0. The molecule has 1 aliphatic heterocycles. The monoisotopic (exact) mass is 321 g/mol. The largest absolute Gasteiger partial charge is 0.354 e. The molecular weight excluding hydrogens is 298 g/mol. The number of hydrogen-bond donors (Lipinski definition) is 0. The number of benzene rings is 1. The molecule has 3 heterocycles. The van der Waals surface area contributed by atoms with Gasteiger partial charge < -0.3 is 4.90 Å². The third-order valence-electron chi connectivity index (χ3n) is 4.80. The van der Waals surface area contributed by atoms with Crippen LogP contribution in [-0.2, 0) is 0 Å². The van der Waals surface area contributed by atoms with Crippen LogP contribution in [0.4, 0.5) is 5.82 Å². The smallest absolute Gasteiger partial charge is 0.129 e. The van der Waals surface area contributed by atoms with Gasteiger partial charge in [-0.3, -0.25) is 4.90 Å². The molecule has 1 aromatic carbocycles. The lowest BCUT2D eigenvalue weighted by molar-refractivity contribution is 0.209. The van der Waals surface area contributed by atoms with Crippen molar-refractivity contribution in [3.63, 3.8) is 0 Å². The fourth-order valence-corrected chi connectivity index (χ4v) is 3.31. The highest BCUT2D eigenvalue weighted by molar-refractivity contribution is 5.82. The van der Waals surface area contributed by atoms with Crippen molar-refractivity contribution >= 4 is 16.7 Å². The molecule has 0 saturated carbocycles. The van der Waals surface area contributed by atoms with E-state index in [4.69, 9.17) is 4.98 Å². The summed E-state index contributed by atoms with van der Waals surface area (Å²) in [5.41, 5.74) is 2.10. The second-order valence-electron chi connectivity index (χ2n) is 6.61. The molecule has 1 aliphatic rings. The summed E-state index contributed by atoms with van der Waals surface area (Å²) < 4.78 is 1.87. The Balaban J connectivity index is 1.57. The molecule has 1 saturated heterocycles. The van der Waals surface area contributed by atoms with Crippen LogP contribution in [0.15, 0.2) is 48.8 Å². The van der Waals surface area contributed by atoms with Gasteiger partial charge in [0.05, 0.1) is 11.2 Å². The number of fused-ring (bicyclic) bond motifs is 1. The Kier molecular flexibility index (Phi) is 3.94. The second-order valence-corrected chi connectivity index (χ2v) is 6.61. The van der Waals surface area contributed by atoms with E-state index in [0.29, 0.717) is 6.04 Å². The lowest BCUT2D eigenvalue weighted by atomic mass is 10.2. The Morgan fingerprint density at radius 2 is 1.83 bits per heavy atom. The lowest BCUT2D eigenvalue weighted by Crippen LogP contribution is -2.49. The number of nitrogens with zero attached hydrogens (tertiary/aromatic N) is 5. The van der Waals surface area contributed by atoms with Gasteiger partial charge >= 0.3 is 0 Å². The van der Waals surface area contributed by atoms with E-state index in [1.165, 1.54) is 0 Å². The molecular formula is C19H23N5. The maximum absolute atomic E-state index is 4.87. The van der Waals surface area contributed by atoms with Crippen molar-refractivity contribution in [2.75, 3.05) is 31.1 Å². The molecule has 5 nitrogen and oxygen atoms in total. The van der Waals surface area contributed by atoms with Crippen molar-refractivity contribution < 1.29 is 0 Å². The van der Waals surface area contributed by atoms with Gasteiger partial charge in [0.25, 0.3) is 0 Å². The zero-order chi connectivity index (χ0) is 16.5. The molecule has 0 atom stereocenters. The van der Waals surface area contributed by atoms with Crippen molar-refractivity contribution in [1.29, 1.82) is 0 Å². The van der Waals surface area contributed by atoms with Crippen molar-refractivity contribution in [1.82, 2.24) is 19.7 Å². The molecule has 0 amide bonds. The van der Waals surface area contributed by atoms with Crippen LogP contribution in [0.2, 0.25) is 0 Å². The van der Waals surface area contributed by atoms with E-state index in [9.17, 15) is 0 Å². The Morgan fingerprint density at radius 3 is 2.54 bits per heavy atom. The molecule has 1 fully saturated rings. The summed E-state index contributed by atoms with van der Waals surface area (Å²) in [7, 11) is 0. The van der Waals surface area contributed by atoms with Crippen LogP contribution in [0.25, 0.3) is 16.6 Å². The van der Waals surface area contributed by atoms with E-state index >= 15 is 0 Å². The highest BCUT2D eigenvalue weighted by Crippen LogP contribution is 2.22. The molecule has 3 aromatic rings. The first-order chi connectivity index (χ1) is 11.7. The summed E-state index contributed by atoms with van der Waals surface area (Å²) in [5, 5.41) is 5.43. The van der Waals surface area contributed by atoms with E-state index < -0.39 is 0 Å². The molecule has 0 unspecified atom stereocenters. The first kappa shape index (κ1) is 15.1. The minimum absolute atomic E-state index is 0.623. The fourth-order valence-electron chi connectivity index (χ4n) is 3.31. The minimum atomic E-state index is 0.623. The first-order valence-corrected chi connectivity index (χ1v) is 8.60. The summed E-state index contributed by atoms with van der Waals surface area (Å²) in [6.07, 6.45) is 3.75. The van der Waals surface area contributed by atoms with Gasteiger partial charge in [0, 0.05) is 50.0 Å². The van der Waals surface area contributed by atoms with Crippen molar-refractivity contribution in [2.24, 2.45) is 0 Å². The fraction of sp³-hybridized carbons (Fsp3) is 0.368. The van der Waals surface area contributed by atoms with Crippen LogP contribution in [0.5, 0.6) is 0 Å². The molecule has 4 rings (SSSR count). The summed E-state index contributed by atoms with van der Waals surface area (Å²) in [4.78, 5) is 9.78. The number of pyridine rings is 1. The Bertz CT molecular complexity index is 817. The summed E-state index contributed by atoms with van der Waals surface area (Å²) in [6, 6.07) is 13.2. The molecule has 0 bridgehead atoms. The maximum atomic E-state index is 4.87. The predicted octanol–water partition coefficient (Wildman–Crippen LogP) is 2.95. The Labute approximate surface area is 142 Å². The Morgan fingerprint density at radius 1 is 1.00 bits per heavy atom. The zero-order valence-corrected chi connectivity index (χ0v) is 14.3. The first-order valence-electron chi connectivity index (χ1n) is 8.60. The standard InChI is InChI=1S/C19H23N5/c1-15(2)22-10-12-23(13-11-22)19-7-4-16-14-17(5-6-18(16)21-19)24-9-3-8-20-24/h3-9,14-15H,10-13H2,1-2H3. The van der Waals surface area contributed by atoms with Gasteiger partial charge in [-0.05, 0) is 50.2 Å². The van der Waals surface area contributed by atoms with Gasteiger partial charge in [0.1, 0.15) is 5.82 Å². The maximum Gasteiger partial charge on any atom is 0.129 e. The van der Waals surface area contributed by atoms with Crippen LogP contribution < -0.4 is 4.90 Å². The van der Waals surface area contributed by atoms with Crippen LogP contribution in [0.1, 0.15) is 13.8 Å². The van der Waals surface area contributed by atoms with Gasteiger partial charge in [-0.1, -0.05) is 0 Å².